The molecule has 2 heterocycles. The predicted octanol–water partition coefficient (Wildman–Crippen LogP) is 5.17. The van der Waals surface area contributed by atoms with Crippen LogP contribution < -0.4 is 5.32 Å². The lowest BCUT2D eigenvalue weighted by Crippen LogP contribution is -2.26. The van der Waals surface area contributed by atoms with Crippen molar-refractivity contribution in [1.82, 2.24) is 9.78 Å². The monoisotopic (exact) mass is 335 g/mol. The van der Waals surface area contributed by atoms with Gasteiger partial charge in [0.1, 0.15) is 6.17 Å². The van der Waals surface area contributed by atoms with Crippen LogP contribution in [0.4, 0.5) is 5.69 Å². The van der Waals surface area contributed by atoms with Gasteiger partial charge in [0, 0.05) is 16.1 Å². The van der Waals surface area contributed by atoms with Crippen LogP contribution >= 0.6 is 11.8 Å². The normalized spacial score (nSPS) is 15.6. The average molecular weight is 335 g/mol. The lowest BCUT2D eigenvalue weighted by Gasteiger charge is -2.30. The molecular formula is C20H21N3S. The van der Waals surface area contributed by atoms with Crippen molar-refractivity contribution in [3.8, 4) is 11.3 Å². The fraction of sp³-hybridized carbons (Fsp3) is 0.250. The highest BCUT2D eigenvalue weighted by molar-refractivity contribution is 7.98. The van der Waals surface area contributed by atoms with Crippen LogP contribution in [0.25, 0.3) is 11.3 Å². The first-order valence-corrected chi connectivity index (χ1v) is 9.37. The Bertz CT molecular complexity index is 909. The molecule has 24 heavy (non-hydrogen) atoms. The van der Waals surface area contributed by atoms with Crippen molar-refractivity contribution in [2.24, 2.45) is 0 Å². The van der Waals surface area contributed by atoms with Crippen LogP contribution in [0.3, 0.4) is 0 Å². The number of fused-ring (bicyclic) bond motifs is 3. The maximum Gasteiger partial charge on any atom is 0.147 e. The summed E-state index contributed by atoms with van der Waals surface area (Å²) in [5, 5.41) is 8.47. The molecule has 3 aromatic rings. The van der Waals surface area contributed by atoms with E-state index in [4.69, 9.17) is 5.10 Å². The van der Waals surface area contributed by atoms with Crippen molar-refractivity contribution in [2.75, 3.05) is 11.6 Å². The van der Waals surface area contributed by atoms with Gasteiger partial charge in [0.15, 0.2) is 0 Å². The Morgan fingerprint density at radius 2 is 1.79 bits per heavy atom. The topological polar surface area (TPSA) is 29.9 Å². The van der Waals surface area contributed by atoms with Gasteiger partial charge < -0.3 is 5.32 Å². The molecule has 0 fully saturated rings. The second-order valence-electron chi connectivity index (χ2n) is 6.44. The third-order valence-electron chi connectivity index (χ3n) is 4.57. The van der Waals surface area contributed by atoms with Crippen LogP contribution in [-0.2, 0) is 0 Å². The zero-order chi connectivity index (χ0) is 16.8. The summed E-state index contributed by atoms with van der Waals surface area (Å²) in [5.74, 6) is 0. The van der Waals surface area contributed by atoms with Gasteiger partial charge in [-0.15, -0.1) is 11.8 Å². The SMILES string of the molecule is CSc1ccc([C@H]2Nc3c(C)cc(C)cc3-c3cc(C)nn32)cc1. The van der Waals surface area contributed by atoms with E-state index in [0.717, 1.165) is 5.69 Å². The van der Waals surface area contributed by atoms with Crippen LogP contribution in [0.2, 0.25) is 0 Å². The van der Waals surface area contributed by atoms with E-state index in [1.54, 1.807) is 11.8 Å². The van der Waals surface area contributed by atoms with Crippen molar-refractivity contribution in [2.45, 2.75) is 31.8 Å². The average Bonchev–Trinajstić information content (AvgIpc) is 2.96. The molecule has 0 saturated carbocycles. The van der Waals surface area contributed by atoms with Crippen LogP contribution in [0.5, 0.6) is 0 Å². The first-order valence-electron chi connectivity index (χ1n) is 8.15. The molecule has 1 atom stereocenters. The molecule has 1 aliphatic heterocycles. The molecule has 4 rings (SSSR count). The molecule has 1 N–H and O–H groups in total. The maximum absolute atomic E-state index is 4.76. The lowest BCUT2D eigenvalue weighted by molar-refractivity contribution is 0.570. The number of rotatable bonds is 2. The van der Waals surface area contributed by atoms with Gasteiger partial charge in [-0.3, -0.25) is 0 Å². The Labute approximate surface area is 147 Å². The third-order valence-corrected chi connectivity index (χ3v) is 5.31. The zero-order valence-corrected chi connectivity index (χ0v) is 15.2. The number of aromatic nitrogens is 2. The minimum absolute atomic E-state index is 0.0264. The van der Waals surface area contributed by atoms with Gasteiger partial charge in [0.2, 0.25) is 0 Å². The van der Waals surface area contributed by atoms with Crippen LogP contribution in [0.15, 0.2) is 47.4 Å². The van der Waals surface area contributed by atoms with E-state index in [0.29, 0.717) is 0 Å². The molecule has 2 aromatic carbocycles. The first-order chi connectivity index (χ1) is 11.6. The van der Waals surface area contributed by atoms with Crippen molar-refractivity contribution in [3.63, 3.8) is 0 Å². The Morgan fingerprint density at radius 3 is 2.50 bits per heavy atom. The number of thioether (sulfide) groups is 1. The number of hydrogen-bond acceptors (Lipinski definition) is 3. The van der Waals surface area contributed by atoms with Gasteiger partial charge in [-0.25, -0.2) is 4.68 Å². The van der Waals surface area contributed by atoms with E-state index in [2.05, 4.69) is 79.5 Å². The standard InChI is InChI=1S/C20H21N3S/c1-12-9-13(2)19-17(10-12)18-11-14(3)22-23(18)20(21-19)15-5-7-16(24-4)8-6-15/h5-11,20-21H,1-4H3/t20-/m0/s1. The van der Waals surface area contributed by atoms with Gasteiger partial charge >= 0.3 is 0 Å². The summed E-state index contributed by atoms with van der Waals surface area (Å²) in [6.07, 6.45) is 2.13. The lowest BCUT2D eigenvalue weighted by atomic mass is 9.98. The molecule has 0 aliphatic carbocycles. The highest BCUT2D eigenvalue weighted by Gasteiger charge is 2.27. The van der Waals surface area contributed by atoms with E-state index in [1.807, 2.05) is 0 Å². The summed E-state index contributed by atoms with van der Waals surface area (Å²) in [4.78, 5) is 1.28. The second kappa shape index (κ2) is 5.71. The van der Waals surface area contributed by atoms with Crippen LogP contribution in [0.1, 0.15) is 28.6 Å². The van der Waals surface area contributed by atoms with E-state index in [1.165, 1.54) is 38.5 Å². The summed E-state index contributed by atoms with van der Waals surface area (Å²) < 4.78 is 2.12. The maximum atomic E-state index is 4.76. The Balaban J connectivity index is 1.88. The Morgan fingerprint density at radius 1 is 1.04 bits per heavy atom. The quantitative estimate of drug-likeness (QED) is 0.655. The molecule has 0 spiro atoms. The molecule has 0 unspecified atom stereocenters. The van der Waals surface area contributed by atoms with E-state index < -0.39 is 0 Å². The fourth-order valence-corrected chi connectivity index (χ4v) is 3.89. The Hall–Kier alpha value is -2.20. The number of nitrogens with zero attached hydrogens (tertiary/aromatic N) is 2. The zero-order valence-electron chi connectivity index (χ0n) is 14.4. The van der Waals surface area contributed by atoms with E-state index in [9.17, 15) is 0 Å². The summed E-state index contributed by atoms with van der Waals surface area (Å²) in [6.45, 7) is 6.38. The number of hydrogen-bond donors (Lipinski definition) is 1. The summed E-state index contributed by atoms with van der Waals surface area (Å²) in [7, 11) is 0. The number of anilines is 1. The predicted molar refractivity (Wildman–Crippen MR) is 102 cm³/mol. The number of nitrogens with one attached hydrogen (secondary N) is 1. The molecule has 0 amide bonds. The van der Waals surface area contributed by atoms with E-state index in [-0.39, 0.29) is 6.17 Å². The van der Waals surface area contributed by atoms with Gasteiger partial charge in [-0.2, -0.15) is 5.10 Å². The molecule has 1 aliphatic rings. The van der Waals surface area contributed by atoms with E-state index >= 15 is 0 Å². The van der Waals surface area contributed by atoms with Gasteiger partial charge in [0.05, 0.1) is 11.4 Å². The molecule has 122 valence electrons. The minimum Gasteiger partial charge on any atom is -0.359 e. The molecule has 1 aromatic heterocycles. The molecule has 0 bridgehead atoms. The van der Waals surface area contributed by atoms with Crippen molar-refractivity contribution >= 4 is 17.4 Å². The summed E-state index contributed by atoms with van der Waals surface area (Å²) >= 11 is 1.76. The highest BCUT2D eigenvalue weighted by Crippen LogP contribution is 2.41. The molecule has 3 nitrogen and oxygen atoms in total. The fourth-order valence-electron chi connectivity index (χ4n) is 3.48. The largest absolute Gasteiger partial charge is 0.359 e. The highest BCUT2D eigenvalue weighted by atomic mass is 32.2. The molecule has 0 radical (unpaired) electrons. The smallest absolute Gasteiger partial charge is 0.147 e. The van der Waals surface area contributed by atoms with Crippen LogP contribution in [-0.4, -0.2) is 16.0 Å². The Kier molecular flexibility index (Phi) is 3.65. The van der Waals surface area contributed by atoms with Crippen molar-refractivity contribution < 1.29 is 0 Å². The van der Waals surface area contributed by atoms with Crippen molar-refractivity contribution in [3.05, 3.63) is 64.8 Å². The summed E-state index contributed by atoms with van der Waals surface area (Å²) in [5.41, 5.74) is 8.47. The molecule has 0 saturated heterocycles. The second-order valence-corrected chi connectivity index (χ2v) is 7.32. The van der Waals surface area contributed by atoms with Gasteiger partial charge in [-0.05, 0) is 62.4 Å². The van der Waals surface area contributed by atoms with Crippen molar-refractivity contribution in [1.29, 1.82) is 0 Å². The molecule has 4 heteroatoms. The van der Waals surface area contributed by atoms with Gasteiger partial charge in [-0.1, -0.05) is 23.8 Å². The minimum atomic E-state index is 0.0264. The molecular weight excluding hydrogens is 314 g/mol. The summed E-state index contributed by atoms with van der Waals surface area (Å²) in [6, 6.07) is 15.4. The van der Waals surface area contributed by atoms with Gasteiger partial charge in [0.25, 0.3) is 0 Å². The number of aryl methyl sites for hydroxylation is 3. The first kappa shape index (κ1) is 15.3. The third kappa shape index (κ3) is 2.42. The number of benzene rings is 2. The van der Waals surface area contributed by atoms with Crippen LogP contribution in [0, 0.1) is 20.8 Å².